The lowest BCUT2D eigenvalue weighted by Crippen LogP contribution is -1.96. The molecule has 0 aliphatic heterocycles. The van der Waals surface area contributed by atoms with E-state index >= 15 is 0 Å². The molecule has 4 aromatic rings. The van der Waals surface area contributed by atoms with E-state index in [-0.39, 0.29) is 0 Å². The number of pyridine rings is 2. The lowest BCUT2D eigenvalue weighted by molar-refractivity contribution is 1.27. The fourth-order valence-corrected chi connectivity index (χ4v) is 2.86. The second-order valence-electron chi connectivity index (χ2n) is 4.82. The van der Waals surface area contributed by atoms with Crippen LogP contribution in [0.25, 0.3) is 21.3 Å². The molecule has 3 aromatic heterocycles. The number of benzene rings is 1. The predicted octanol–water partition coefficient (Wildman–Crippen LogP) is 4.50. The Morgan fingerprint density at radius 3 is 2.64 bits per heavy atom. The van der Waals surface area contributed by atoms with E-state index in [9.17, 15) is 0 Å². The fraction of sp³-hybridized carbons (Fsp3) is 0. The van der Waals surface area contributed by atoms with Crippen LogP contribution in [0.4, 0.5) is 11.6 Å². The molecule has 3 heterocycles. The van der Waals surface area contributed by atoms with Crippen molar-refractivity contribution in [2.75, 3.05) is 5.32 Å². The maximum absolute atomic E-state index is 4.61. The number of nitrogens with zero attached hydrogens (tertiary/aromatic N) is 3. The van der Waals surface area contributed by atoms with Crippen molar-refractivity contribution < 1.29 is 0 Å². The highest BCUT2D eigenvalue weighted by atomic mass is 32.1. The zero-order chi connectivity index (χ0) is 14.8. The molecule has 0 saturated heterocycles. The Labute approximate surface area is 131 Å². The molecule has 0 saturated carbocycles. The van der Waals surface area contributed by atoms with Crippen molar-refractivity contribution in [1.29, 1.82) is 0 Å². The van der Waals surface area contributed by atoms with E-state index in [1.807, 2.05) is 54.3 Å². The monoisotopic (exact) mass is 304 g/mol. The second-order valence-corrected chi connectivity index (χ2v) is 5.70. The topological polar surface area (TPSA) is 50.7 Å². The summed E-state index contributed by atoms with van der Waals surface area (Å²) in [6.45, 7) is 0. The molecule has 0 amide bonds. The zero-order valence-electron chi connectivity index (χ0n) is 11.6. The number of fused-ring (bicyclic) bond motifs is 1. The molecule has 0 aliphatic carbocycles. The van der Waals surface area contributed by atoms with Gasteiger partial charge in [0.1, 0.15) is 11.6 Å². The van der Waals surface area contributed by atoms with Gasteiger partial charge in [-0.05, 0) is 23.6 Å². The molecule has 106 valence electrons. The van der Waals surface area contributed by atoms with Crippen LogP contribution in [-0.4, -0.2) is 15.0 Å². The molecular formula is C17H12N4S. The minimum Gasteiger partial charge on any atom is -0.325 e. The highest BCUT2D eigenvalue weighted by Gasteiger charge is 2.04. The van der Waals surface area contributed by atoms with E-state index in [0.717, 1.165) is 33.0 Å². The van der Waals surface area contributed by atoms with Gasteiger partial charge in [0, 0.05) is 17.8 Å². The lowest BCUT2D eigenvalue weighted by atomic mass is 10.2. The first-order valence-corrected chi connectivity index (χ1v) is 7.74. The lowest BCUT2D eigenvalue weighted by Gasteiger charge is -2.07. The highest BCUT2D eigenvalue weighted by molar-refractivity contribution is 7.13. The van der Waals surface area contributed by atoms with Crippen LogP contribution in [0.5, 0.6) is 0 Å². The largest absolute Gasteiger partial charge is 0.325 e. The van der Waals surface area contributed by atoms with Crippen LogP contribution in [0.15, 0.2) is 66.4 Å². The summed E-state index contributed by atoms with van der Waals surface area (Å²) in [7, 11) is 0. The average Bonchev–Trinajstić information content (AvgIpc) is 3.10. The van der Waals surface area contributed by atoms with Crippen molar-refractivity contribution in [2.24, 2.45) is 0 Å². The van der Waals surface area contributed by atoms with E-state index in [2.05, 4.69) is 32.4 Å². The van der Waals surface area contributed by atoms with E-state index in [1.54, 1.807) is 11.3 Å². The average molecular weight is 304 g/mol. The number of aromatic nitrogens is 3. The number of rotatable bonds is 3. The summed E-state index contributed by atoms with van der Waals surface area (Å²) in [5.74, 6) is 1.56. The number of anilines is 2. The SMILES string of the molecule is c1cc(Nc2cc3ccccc3cn2)nc(-c2cncs2)c1. The molecular weight excluding hydrogens is 292 g/mol. The summed E-state index contributed by atoms with van der Waals surface area (Å²) in [5, 5.41) is 5.54. The summed E-state index contributed by atoms with van der Waals surface area (Å²) in [6, 6.07) is 16.1. The van der Waals surface area contributed by atoms with Crippen molar-refractivity contribution in [2.45, 2.75) is 0 Å². The second kappa shape index (κ2) is 5.54. The van der Waals surface area contributed by atoms with Gasteiger partial charge in [0.15, 0.2) is 0 Å². The molecule has 0 unspecified atom stereocenters. The van der Waals surface area contributed by atoms with Crippen molar-refractivity contribution in [1.82, 2.24) is 15.0 Å². The van der Waals surface area contributed by atoms with E-state index in [4.69, 9.17) is 0 Å². The molecule has 0 spiro atoms. The Morgan fingerprint density at radius 1 is 0.864 bits per heavy atom. The molecule has 0 fully saturated rings. The molecule has 1 N–H and O–H groups in total. The Kier molecular flexibility index (Phi) is 3.25. The van der Waals surface area contributed by atoms with Crippen molar-refractivity contribution >= 4 is 33.7 Å². The maximum Gasteiger partial charge on any atom is 0.132 e. The van der Waals surface area contributed by atoms with Crippen molar-refractivity contribution in [3.63, 3.8) is 0 Å². The van der Waals surface area contributed by atoms with Gasteiger partial charge in [-0.15, -0.1) is 11.3 Å². The third-order valence-corrected chi connectivity index (χ3v) is 4.12. The van der Waals surface area contributed by atoms with Crippen LogP contribution >= 0.6 is 11.3 Å². The molecule has 4 nitrogen and oxygen atoms in total. The molecule has 5 heteroatoms. The van der Waals surface area contributed by atoms with Crippen LogP contribution in [-0.2, 0) is 0 Å². The molecule has 1 aromatic carbocycles. The van der Waals surface area contributed by atoms with Crippen molar-refractivity contribution in [3.8, 4) is 10.6 Å². The third-order valence-electron chi connectivity index (χ3n) is 3.32. The summed E-state index contributed by atoms with van der Waals surface area (Å²) >= 11 is 1.58. The van der Waals surface area contributed by atoms with Gasteiger partial charge in [0.05, 0.1) is 16.1 Å². The molecule has 0 radical (unpaired) electrons. The Hall–Kier alpha value is -2.79. The van der Waals surface area contributed by atoms with Gasteiger partial charge in [-0.3, -0.25) is 4.98 Å². The molecule has 22 heavy (non-hydrogen) atoms. The van der Waals surface area contributed by atoms with Crippen LogP contribution < -0.4 is 5.32 Å². The maximum atomic E-state index is 4.61. The standard InChI is InChI=1S/C17H12N4S/c1-2-5-13-9-19-17(8-12(13)4-1)21-16-7-3-6-14(20-16)15-10-18-11-22-15/h1-11H,(H,19,20,21). The van der Waals surface area contributed by atoms with Crippen LogP contribution in [0.1, 0.15) is 0 Å². The molecule has 0 bridgehead atoms. The van der Waals surface area contributed by atoms with Crippen LogP contribution in [0, 0.1) is 0 Å². The van der Waals surface area contributed by atoms with Crippen molar-refractivity contribution in [3.05, 3.63) is 66.4 Å². The first-order chi connectivity index (χ1) is 10.9. The third kappa shape index (κ3) is 2.54. The predicted molar refractivity (Wildman–Crippen MR) is 90.4 cm³/mol. The molecule has 4 rings (SSSR count). The Balaban J connectivity index is 1.66. The first kappa shape index (κ1) is 12.9. The minimum absolute atomic E-state index is 0.772. The van der Waals surface area contributed by atoms with Crippen LogP contribution in [0.3, 0.4) is 0 Å². The van der Waals surface area contributed by atoms with Crippen LogP contribution in [0.2, 0.25) is 0 Å². The van der Waals surface area contributed by atoms with Gasteiger partial charge in [-0.1, -0.05) is 30.3 Å². The number of hydrogen-bond donors (Lipinski definition) is 1. The summed E-state index contributed by atoms with van der Waals surface area (Å²) in [4.78, 5) is 14.2. The number of thiazole rings is 1. The van der Waals surface area contributed by atoms with E-state index < -0.39 is 0 Å². The quantitative estimate of drug-likeness (QED) is 0.605. The molecule has 0 aliphatic rings. The van der Waals surface area contributed by atoms with E-state index in [1.165, 1.54) is 0 Å². The summed E-state index contributed by atoms with van der Waals surface area (Å²) in [5.41, 5.74) is 2.72. The summed E-state index contributed by atoms with van der Waals surface area (Å²) < 4.78 is 0. The minimum atomic E-state index is 0.772. The first-order valence-electron chi connectivity index (χ1n) is 6.86. The number of hydrogen-bond acceptors (Lipinski definition) is 5. The number of nitrogens with one attached hydrogen (secondary N) is 1. The van der Waals surface area contributed by atoms with Gasteiger partial charge in [-0.25, -0.2) is 9.97 Å². The van der Waals surface area contributed by atoms with Gasteiger partial charge in [0.2, 0.25) is 0 Å². The smallest absolute Gasteiger partial charge is 0.132 e. The van der Waals surface area contributed by atoms with E-state index in [0.29, 0.717) is 0 Å². The fourth-order valence-electron chi connectivity index (χ4n) is 2.27. The molecule has 0 atom stereocenters. The Morgan fingerprint density at radius 2 is 1.77 bits per heavy atom. The van der Waals surface area contributed by atoms with Gasteiger partial charge in [0.25, 0.3) is 0 Å². The van der Waals surface area contributed by atoms with Gasteiger partial charge < -0.3 is 5.32 Å². The Bertz CT molecular complexity index is 919. The normalized spacial score (nSPS) is 10.7. The highest BCUT2D eigenvalue weighted by Crippen LogP contribution is 2.24. The van der Waals surface area contributed by atoms with Gasteiger partial charge >= 0.3 is 0 Å². The summed E-state index contributed by atoms with van der Waals surface area (Å²) in [6.07, 6.45) is 3.69. The zero-order valence-corrected chi connectivity index (χ0v) is 12.4. The van der Waals surface area contributed by atoms with Gasteiger partial charge in [-0.2, -0.15) is 0 Å².